The smallest absolute Gasteiger partial charge is 0.310 e. The summed E-state index contributed by atoms with van der Waals surface area (Å²) >= 11 is 0. The summed E-state index contributed by atoms with van der Waals surface area (Å²) < 4.78 is 9.87. The number of carbonyl (C=O) groups is 1. The minimum atomic E-state index is -0.580. The number of aliphatic hydroxyl groups is 1. The number of methoxy groups -OCH3 is 1. The van der Waals surface area contributed by atoms with Crippen molar-refractivity contribution < 1.29 is 24.3 Å². The standard InChI is InChI=1S/C12H16N2O6/c1-19-11-8-9(2-3-10(11)14(17)18)12(16)13-4-6-20-7-5-15/h2-3,8,15H,4-7H2,1H3,(H,13,16). The van der Waals surface area contributed by atoms with Crippen molar-refractivity contribution in [3.05, 3.63) is 33.9 Å². The first-order valence-corrected chi connectivity index (χ1v) is 5.89. The molecule has 1 aromatic rings. The molecule has 0 unspecified atom stereocenters. The van der Waals surface area contributed by atoms with Gasteiger partial charge in [0.1, 0.15) is 0 Å². The highest BCUT2D eigenvalue weighted by molar-refractivity contribution is 5.95. The fourth-order valence-electron chi connectivity index (χ4n) is 1.48. The molecule has 0 saturated carbocycles. The van der Waals surface area contributed by atoms with Crippen molar-refractivity contribution >= 4 is 11.6 Å². The molecule has 0 aliphatic rings. The lowest BCUT2D eigenvalue weighted by atomic mass is 10.2. The Morgan fingerprint density at radius 2 is 2.20 bits per heavy atom. The first-order valence-electron chi connectivity index (χ1n) is 5.89. The Kier molecular flexibility index (Phi) is 6.41. The monoisotopic (exact) mass is 284 g/mol. The van der Waals surface area contributed by atoms with Gasteiger partial charge < -0.3 is 19.9 Å². The van der Waals surface area contributed by atoms with Gasteiger partial charge in [0.2, 0.25) is 0 Å². The number of rotatable bonds is 8. The number of nitrogens with one attached hydrogen (secondary N) is 1. The zero-order chi connectivity index (χ0) is 15.0. The second-order valence-corrected chi connectivity index (χ2v) is 3.74. The lowest BCUT2D eigenvalue weighted by Gasteiger charge is -2.07. The number of aliphatic hydroxyl groups excluding tert-OH is 1. The zero-order valence-corrected chi connectivity index (χ0v) is 11.0. The van der Waals surface area contributed by atoms with E-state index in [1.807, 2.05) is 0 Å². The van der Waals surface area contributed by atoms with Crippen LogP contribution in [0.4, 0.5) is 5.69 Å². The predicted molar refractivity (Wildman–Crippen MR) is 69.9 cm³/mol. The van der Waals surface area contributed by atoms with Gasteiger partial charge in [-0.3, -0.25) is 14.9 Å². The van der Waals surface area contributed by atoms with Crippen LogP contribution in [0.5, 0.6) is 5.75 Å². The summed E-state index contributed by atoms with van der Waals surface area (Å²) in [6, 6.07) is 3.88. The number of hydrogen-bond acceptors (Lipinski definition) is 6. The maximum atomic E-state index is 11.8. The van der Waals surface area contributed by atoms with Crippen molar-refractivity contribution in [3.8, 4) is 5.75 Å². The van der Waals surface area contributed by atoms with Gasteiger partial charge >= 0.3 is 5.69 Å². The van der Waals surface area contributed by atoms with E-state index in [-0.39, 0.29) is 49.3 Å². The Labute approximate surface area is 115 Å². The molecule has 0 spiro atoms. The molecule has 0 aliphatic carbocycles. The van der Waals surface area contributed by atoms with Crippen molar-refractivity contribution in [1.29, 1.82) is 0 Å². The molecule has 1 rings (SSSR count). The number of carbonyl (C=O) groups excluding carboxylic acids is 1. The summed E-state index contributed by atoms with van der Waals surface area (Å²) in [6.07, 6.45) is 0. The minimum absolute atomic E-state index is 0.0270. The highest BCUT2D eigenvalue weighted by Gasteiger charge is 2.17. The van der Waals surface area contributed by atoms with Crippen LogP contribution >= 0.6 is 0 Å². The van der Waals surface area contributed by atoms with E-state index in [0.29, 0.717) is 0 Å². The van der Waals surface area contributed by atoms with Crippen LogP contribution in [0.25, 0.3) is 0 Å². The molecule has 0 bridgehead atoms. The molecule has 0 radical (unpaired) electrons. The molecule has 1 aromatic carbocycles. The van der Waals surface area contributed by atoms with E-state index in [1.165, 1.54) is 25.3 Å². The third-order valence-corrected chi connectivity index (χ3v) is 2.41. The van der Waals surface area contributed by atoms with E-state index in [2.05, 4.69) is 5.32 Å². The summed E-state index contributed by atoms with van der Waals surface area (Å²) in [5, 5.41) is 21.8. The molecule has 20 heavy (non-hydrogen) atoms. The van der Waals surface area contributed by atoms with Crippen molar-refractivity contribution in [1.82, 2.24) is 5.32 Å². The first-order chi connectivity index (χ1) is 9.60. The van der Waals surface area contributed by atoms with E-state index in [1.54, 1.807) is 0 Å². The number of benzene rings is 1. The Balaban J connectivity index is 2.62. The average Bonchev–Trinajstić information content (AvgIpc) is 2.45. The maximum Gasteiger partial charge on any atom is 0.310 e. The number of nitrogens with zero attached hydrogens (tertiary/aromatic N) is 1. The van der Waals surface area contributed by atoms with Gasteiger partial charge in [0.15, 0.2) is 5.75 Å². The van der Waals surface area contributed by atoms with Crippen LogP contribution in [0.15, 0.2) is 18.2 Å². The summed E-state index contributed by atoms with van der Waals surface area (Å²) in [5.41, 5.74) is 0.0601. The third kappa shape index (κ3) is 4.48. The number of ether oxygens (including phenoxy) is 2. The van der Waals surface area contributed by atoms with Gasteiger partial charge in [-0.1, -0.05) is 0 Å². The summed E-state index contributed by atoms with van der Waals surface area (Å²) in [6.45, 7) is 0.684. The number of nitro benzene ring substituents is 1. The molecule has 0 saturated heterocycles. The molecule has 1 amide bonds. The summed E-state index contributed by atoms with van der Waals surface area (Å²) in [7, 11) is 1.30. The second kappa shape index (κ2) is 8.08. The number of amides is 1. The van der Waals surface area contributed by atoms with E-state index < -0.39 is 4.92 Å². The molecule has 0 heterocycles. The fraction of sp³-hybridized carbons (Fsp3) is 0.417. The van der Waals surface area contributed by atoms with Crippen LogP contribution in [0.3, 0.4) is 0 Å². The van der Waals surface area contributed by atoms with Gasteiger partial charge in [0.05, 0.1) is 31.9 Å². The molecule has 0 fully saturated rings. The van der Waals surface area contributed by atoms with Gasteiger partial charge in [0.25, 0.3) is 5.91 Å². The first kappa shape index (κ1) is 15.9. The zero-order valence-electron chi connectivity index (χ0n) is 11.0. The predicted octanol–water partition coefficient (Wildman–Crippen LogP) is 0.342. The summed E-state index contributed by atoms with van der Waals surface area (Å²) in [4.78, 5) is 21.9. The molecule has 0 aliphatic heterocycles. The largest absolute Gasteiger partial charge is 0.490 e. The number of nitro groups is 1. The average molecular weight is 284 g/mol. The summed E-state index contributed by atoms with van der Waals surface area (Å²) in [5.74, 6) is -0.357. The van der Waals surface area contributed by atoms with E-state index in [9.17, 15) is 14.9 Å². The van der Waals surface area contributed by atoms with Crippen LogP contribution < -0.4 is 10.1 Å². The van der Waals surface area contributed by atoms with Crippen molar-refractivity contribution in [3.63, 3.8) is 0 Å². The van der Waals surface area contributed by atoms with E-state index in [4.69, 9.17) is 14.6 Å². The van der Waals surface area contributed by atoms with E-state index in [0.717, 1.165) is 0 Å². The quantitative estimate of drug-likeness (QED) is 0.404. The topological polar surface area (TPSA) is 111 Å². The molecule has 2 N–H and O–H groups in total. The van der Waals surface area contributed by atoms with Gasteiger partial charge in [-0.25, -0.2) is 0 Å². The highest BCUT2D eigenvalue weighted by Crippen LogP contribution is 2.27. The Bertz CT molecular complexity index is 477. The van der Waals surface area contributed by atoms with Crippen molar-refractivity contribution in [2.75, 3.05) is 33.5 Å². The van der Waals surface area contributed by atoms with Crippen LogP contribution in [0, 0.1) is 10.1 Å². The molecular formula is C12H16N2O6. The van der Waals surface area contributed by atoms with Gasteiger partial charge in [-0.05, 0) is 6.07 Å². The Morgan fingerprint density at radius 1 is 1.45 bits per heavy atom. The van der Waals surface area contributed by atoms with Crippen molar-refractivity contribution in [2.45, 2.75) is 0 Å². The Hall–Kier alpha value is -2.19. The molecule has 8 heteroatoms. The third-order valence-electron chi connectivity index (χ3n) is 2.41. The van der Waals surface area contributed by atoms with Gasteiger partial charge in [-0.15, -0.1) is 0 Å². The second-order valence-electron chi connectivity index (χ2n) is 3.74. The molecule has 8 nitrogen and oxygen atoms in total. The minimum Gasteiger partial charge on any atom is -0.490 e. The molecule has 0 aromatic heterocycles. The lowest BCUT2D eigenvalue weighted by molar-refractivity contribution is -0.385. The SMILES string of the molecule is COc1cc(C(=O)NCCOCCO)ccc1[N+](=O)[O-]. The molecular weight excluding hydrogens is 268 g/mol. The van der Waals surface area contributed by atoms with Crippen molar-refractivity contribution in [2.24, 2.45) is 0 Å². The van der Waals surface area contributed by atoms with Crippen LogP contribution in [0.1, 0.15) is 10.4 Å². The van der Waals surface area contributed by atoms with E-state index >= 15 is 0 Å². The lowest BCUT2D eigenvalue weighted by Crippen LogP contribution is -2.27. The molecule has 110 valence electrons. The van der Waals surface area contributed by atoms with Crippen LogP contribution in [-0.2, 0) is 4.74 Å². The number of hydrogen-bond donors (Lipinski definition) is 2. The normalized spacial score (nSPS) is 10.1. The van der Waals surface area contributed by atoms with Crippen LogP contribution in [-0.4, -0.2) is 49.4 Å². The fourth-order valence-corrected chi connectivity index (χ4v) is 1.48. The van der Waals surface area contributed by atoms with Gasteiger partial charge in [0, 0.05) is 24.2 Å². The Morgan fingerprint density at radius 3 is 2.80 bits per heavy atom. The molecule has 0 atom stereocenters. The van der Waals surface area contributed by atoms with Crippen LogP contribution in [0.2, 0.25) is 0 Å². The highest BCUT2D eigenvalue weighted by atomic mass is 16.6. The maximum absolute atomic E-state index is 11.8. The van der Waals surface area contributed by atoms with Gasteiger partial charge in [-0.2, -0.15) is 0 Å².